The Bertz CT molecular complexity index is 736. The quantitative estimate of drug-likeness (QED) is 0.380. The predicted octanol–water partition coefficient (Wildman–Crippen LogP) is 2.01. The number of anilines is 1. The molecule has 0 aromatic heterocycles. The van der Waals surface area contributed by atoms with Gasteiger partial charge in [-0.2, -0.15) is 5.10 Å². The third-order valence-electron chi connectivity index (χ3n) is 4.26. The highest BCUT2D eigenvalue weighted by Gasteiger charge is 2.18. The zero-order valence-electron chi connectivity index (χ0n) is 15.4. The molecule has 0 amide bonds. The lowest BCUT2D eigenvalue weighted by molar-refractivity contribution is -0.171. The van der Waals surface area contributed by atoms with Crippen molar-refractivity contribution in [3.63, 3.8) is 0 Å². The van der Waals surface area contributed by atoms with Crippen molar-refractivity contribution in [2.75, 3.05) is 38.8 Å². The molecule has 0 radical (unpaired) electrons. The molecule has 0 bridgehead atoms. The molecule has 1 heterocycles. The molecule has 6 heteroatoms. The van der Waals surface area contributed by atoms with E-state index < -0.39 is 0 Å². The SMILES string of the molecule is CN(C)c1cc(C#CC2CC2)ccc1/C(C=NCC1OCCCO1)=N/N. The van der Waals surface area contributed by atoms with Gasteiger partial charge in [0.25, 0.3) is 0 Å². The summed E-state index contributed by atoms with van der Waals surface area (Å²) in [4.78, 5) is 6.43. The molecule has 2 aliphatic rings. The Kier molecular flexibility index (Phi) is 6.26. The number of hydrogen-bond acceptors (Lipinski definition) is 6. The lowest BCUT2D eigenvalue weighted by Gasteiger charge is -2.21. The van der Waals surface area contributed by atoms with Crippen LogP contribution in [0.15, 0.2) is 28.3 Å². The van der Waals surface area contributed by atoms with Gasteiger partial charge in [0.2, 0.25) is 0 Å². The van der Waals surface area contributed by atoms with E-state index in [2.05, 4.69) is 28.0 Å². The molecule has 0 atom stereocenters. The summed E-state index contributed by atoms with van der Waals surface area (Å²) in [5.74, 6) is 12.8. The number of nitrogens with two attached hydrogens (primary N) is 1. The van der Waals surface area contributed by atoms with E-state index in [1.54, 1.807) is 6.21 Å². The molecule has 26 heavy (non-hydrogen) atoms. The van der Waals surface area contributed by atoms with E-state index in [1.165, 1.54) is 12.8 Å². The Morgan fingerprint density at radius 3 is 2.73 bits per heavy atom. The third-order valence-corrected chi connectivity index (χ3v) is 4.26. The van der Waals surface area contributed by atoms with E-state index >= 15 is 0 Å². The predicted molar refractivity (Wildman–Crippen MR) is 105 cm³/mol. The second-order valence-electron chi connectivity index (χ2n) is 6.70. The van der Waals surface area contributed by atoms with Gasteiger partial charge in [0.05, 0.1) is 19.8 Å². The van der Waals surface area contributed by atoms with Crippen LogP contribution in [-0.4, -0.2) is 52.1 Å². The second-order valence-corrected chi connectivity index (χ2v) is 6.70. The molecule has 0 unspecified atom stereocenters. The van der Waals surface area contributed by atoms with Gasteiger partial charge in [0.15, 0.2) is 6.29 Å². The van der Waals surface area contributed by atoms with Crippen LogP contribution in [0, 0.1) is 17.8 Å². The largest absolute Gasteiger partial charge is 0.377 e. The number of hydrazone groups is 1. The molecule has 1 aliphatic carbocycles. The molecule has 0 spiro atoms. The van der Waals surface area contributed by atoms with Crippen LogP contribution in [0.25, 0.3) is 0 Å². The molecule has 138 valence electrons. The van der Waals surface area contributed by atoms with Crippen molar-refractivity contribution >= 4 is 17.6 Å². The van der Waals surface area contributed by atoms with Gasteiger partial charge in [-0.1, -0.05) is 11.8 Å². The summed E-state index contributed by atoms with van der Waals surface area (Å²) in [5.41, 5.74) is 3.55. The lowest BCUT2D eigenvalue weighted by atomic mass is 10.0. The van der Waals surface area contributed by atoms with E-state index in [0.29, 0.717) is 31.4 Å². The normalized spacial score (nSPS) is 18.6. The number of benzene rings is 1. The number of hydrogen-bond donors (Lipinski definition) is 1. The first-order chi connectivity index (χ1) is 12.7. The minimum atomic E-state index is -0.285. The van der Waals surface area contributed by atoms with Gasteiger partial charge in [0.1, 0.15) is 5.71 Å². The molecule has 1 aliphatic heterocycles. The fraction of sp³-hybridized carbons (Fsp3) is 0.500. The Morgan fingerprint density at radius 1 is 1.31 bits per heavy atom. The molecule has 2 N–H and O–H groups in total. The lowest BCUT2D eigenvalue weighted by Crippen LogP contribution is -2.27. The molecular weight excluding hydrogens is 328 g/mol. The molecule has 1 aromatic carbocycles. The summed E-state index contributed by atoms with van der Waals surface area (Å²) in [5, 5.41) is 3.92. The Labute approximate surface area is 155 Å². The van der Waals surface area contributed by atoms with E-state index in [-0.39, 0.29) is 6.29 Å². The first kappa shape index (κ1) is 18.4. The maximum Gasteiger partial charge on any atom is 0.176 e. The molecule has 1 saturated carbocycles. The first-order valence-electron chi connectivity index (χ1n) is 9.01. The van der Waals surface area contributed by atoms with E-state index in [1.807, 2.05) is 31.1 Å². The standard InChI is InChI=1S/C20H26N4O2/c1-24(2)19-12-16(7-6-15-4-5-15)8-9-17(19)18(23-21)13-22-14-20-25-10-3-11-26-20/h8-9,12-13,15,20H,3-5,10-11,14,21H2,1-2H3/b22-13?,23-18+. The summed E-state index contributed by atoms with van der Waals surface area (Å²) in [6, 6.07) is 6.07. The molecule has 6 nitrogen and oxygen atoms in total. The maximum atomic E-state index is 5.63. The van der Waals surface area contributed by atoms with Crippen LogP contribution in [0.2, 0.25) is 0 Å². The Hall–Kier alpha value is -2.36. The van der Waals surface area contributed by atoms with Crippen LogP contribution in [0.4, 0.5) is 5.69 Å². The molecule has 1 aromatic rings. The number of aliphatic imine (C=N–C) groups is 1. The molecule has 1 saturated heterocycles. The maximum absolute atomic E-state index is 5.63. The smallest absolute Gasteiger partial charge is 0.176 e. The summed E-state index contributed by atoms with van der Waals surface area (Å²) < 4.78 is 11.0. The summed E-state index contributed by atoms with van der Waals surface area (Å²) in [6.45, 7) is 1.86. The highest BCUT2D eigenvalue weighted by molar-refractivity contribution is 6.39. The van der Waals surface area contributed by atoms with Crippen LogP contribution in [0.3, 0.4) is 0 Å². The highest BCUT2D eigenvalue weighted by Crippen LogP contribution is 2.28. The average molecular weight is 354 g/mol. The van der Waals surface area contributed by atoms with Gasteiger partial charge in [0, 0.05) is 43.0 Å². The van der Waals surface area contributed by atoms with Gasteiger partial charge in [-0.15, -0.1) is 0 Å². The van der Waals surface area contributed by atoms with Gasteiger partial charge >= 0.3 is 0 Å². The van der Waals surface area contributed by atoms with Gasteiger partial charge in [-0.25, -0.2) is 0 Å². The summed E-state index contributed by atoms with van der Waals surface area (Å²) in [7, 11) is 3.98. The Morgan fingerprint density at radius 2 is 2.08 bits per heavy atom. The van der Waals surface area contributed by atoms with E-state index in [9.17, 15) is 0 Å². The van der Waals surface area contributed by atoms with Gasteiger partial charge in [-0.3, -0.25) is 4.99 Å². The average Bonchev–Trinajstić information content (AvgIpc) is 3.49. The fourth-order valence-corrected chi connectivity index (χ4v) is 2.65. The number of nitrogens with zero attached hydrogens (tertiary/aromatic N) is 3. The minimum Gasteiger partial charge on any atom is -0.377 e. The molecular formula is C20H26N4O2. The second kappa shape index (κ2) is 8.84. The highest BCUT2D eigenvalue weighted by atomic mass is 16.7. The minimum absolute atomic E-state index is 0.285. The van der Waals surface area contributed by atoms with Crippen LogP contribution >= 0.6 is 0 Å². The monoisotopic (exact) mass is 354 g/mol. The number of ether oxygens (including phenoxy) is 2. The van der Waals surface area contributed by atoms with Crippen LogP contribution in [0.1, 0.15) is 30.4 Å². The van der Waals surface area contributed by atoms with Crippen LogP contribution in [-0.2, 0) is 9.47 Å². The topological polar surface area (TPSA) is 72.4 Å². The zero-order valence-corrected chi connectivity index (χ0v) is 15.4. The first-order valence-corrected chi connectivity index (χ1v) is 9.01. The summed E-state index contributed by atoms with van der Waals surface area (Å²) in [6.07, 6.45) is 4.77. The number of rotatable bonds is 5. The fourth-order valence-electron chi connectivity index (χ4n) is 2.65. The van der Waals surface area contributed by atoms with E-state index in [0.717, 1.165) is 23.2 Å². The van der Waals surface area contributed by atoms with Gasteiger partial charge in [-0.05, 0) is 37.5 Å². The third kappa shape index (κ3) is 5.07. The van der Waals surface area contributed by atoms with Gasteiger partial charge < -0.3 is 20.2 Å². The van der Waals surface area contributed by atoms with Crippen molar-refractivity contribution in [1.82, 2.24) is 0 Å². The van der Waals surface area contributed by atoms with Crippen molar-refractivity contribution in [2.45, 2.75) is 25.6 Å². The van der Waals surface area contributed by atoms with Crippen molar-refractivity contribution in [2.24, 2.45) is 21.9 Å². The molecule has 3 rings (SSSR count). The molecule has 2 fully saturated rings. The Balaban J connectivity index is 1.75. The van der Waals surface area contributed by atoms with Crippen LogP contribution < -0.4 is 10.7 Å². The summed E-state index contributed by atoms with van der Waals surface area (Å²) >= 11 is 0. The van der Waals surface area contributed by atoms with Crippen molar-refractivity contribution < 1.29 is 9.47 Å². The van der Waals surface area contributed by atoms with E-state index in [4.69, 9.17) is 15.3 Å². The van der Waals surface area contributed by atoms with Crippen molar-refractivity contribution in [3.05, 3.63) is 29.3 Å². The zero-order chi connectivity index (χ0) is 18.4. The van der Waals surface area contributed by atoms with Crippen LogP contribution in [0.5, 0.6) is 0 Å². The van der Waals surface area contributed by atoms with Crippen molar-refractivity contribution in [1.29, 1.82) is 0 Å². The van der Waals surface area contributed by atoms with Crippen molar-refractivity contribution in [3.8, 4) is 11.8 Å².